The zero-order valence-corrected chi connectivity index (χ0v) is 10.1. The molecule has 1 rings (SSSR count). The SMILES string of the molecule is CCCCC(=O)NC(N)=NCc1ccccc1. The molecule has 4 heteroatoms. The average molecular weight is 233 g/mol. The third kappa shape index (κ3) is 5.70. The minimum Gasteiger partial charge on any atom is -0.370 e. The van der Waals surface area contributed by atoms with Crippen LogP contribution < -0.4 is 11.1 Å². The first-order valence-corrected chi connectivity index (χ1v) is 5.86. The summed E-state index contributed by atoms with van der Waals surface area (Å²) in [6, 6.07) is 9.77. The van der Waals surface area contributed by atoms with Crippen LogP contribution >= 0.6 is 0 Å². The highest BCUT2D eigenvalue weighted by molar-refractivity contribution is 5.96. The molecule has 1 amide bonds. The van der Waals surface area contributed by atoms with Gasteiger partial charge in [0, 0.05) is 6.42 Å². The molecule has 0 aliphatic carbocycles. The van der Waals surface area contributed by atoms with Gasteiger partial charge in [0.05, 0.1) is 6.54 Å². The molecule has 0 bridgehead atoms. The second kappa shape index (κ2) is 7.44. The summed E-state index contributed by atoms with van der Waals surface area (Å²) in [5.74, 6) is 0.121. The van der Waals surface area contributed by atoms with Crippen molar-refractivity contribution in [1.82, 2.24) is 5.32 Å². The van der Waals surface area contributed by atoms with Gasteiger partial charge < -0.3 is 5.73 Å². The Hall–Kier alpha value is -1.84. The normalized spacial score (nSPS) is 11.2. The number of hydrogen-bond acceptors (Lipinski definition) is 2. The Morgan fingerprint density at radius 2 is 2.06 bits per heavy atom. The summed E-state index contributed by atoms with van der Waals surface area (Å²) in [5, 5.41) is 2.57. The third-order valence-electron chi connectivity index (χ3n) is 2.30. The first-order chi connectivity index (χ1) is 8.22. The highest BCUT2D eigenvalue weighted by Crippen LogP contribution is 1.99. The smallest absolute Gasteiger partial charge is 0.226 e. The Balaban J connectivity index is 2.37. The van der Waals surface area contributed by atoms with Crippen LogP contribution in [0.25, 0.3) is 0 Å². The van der Waals surface area contributed by atoms with Gasteiger partial charge in [0.15, 0.2) is 5.96 Å². The minimum atomic E-state index is -0.0684. The van der Waals surface area contributed by atoms with Crippen molar-refractivity contribution in [2.75, 3.05) is 0 Å². The number of carbonyl (C=O) groups is 1. The molecule has 0 unspecified atom stereocenters. The van der Waals surface area contributed by atoms with Gasteiger partial charge >= 0.3 is 0 Å². The van der Waals surface area contributed by atoms with Crippen molar-refractivity contribution in [3.63, 3.8) is 0 Å². The maximum Gasteiger partial charge on any atom is 0.226 e. The quantitative estimate of drug-likeness (QED) is 0.601. The van der Waals surface area contributed by atoms with Crippen LogP contribution in [0.5, 0.6) is 0 Å². The van der Waals surface area contributed by atoms with E-state index in [0.717, 1.165) is 18.4 Å². The fraction of sp³-hybridized carbons (Fsp3) is 0.385. The van der Waals surface area contributed by atoms with Gasteiger partial charge in [-0.1, -0.05) is 43.7 Å². The first kappa shape index (κ1) is 13.2. The molecular formula is C13H19N3O. The van der Waals surface area contributed by atoms with Crippen LogP contribution in [-0.4, -0.2) is 11.9 Å². The number of guanidine groups is 1. The topological polar surface area (TPSA) is 67.5 Å². The highest BCUT2D eigenvalue weighted by atomic mass is 16.1. The van der Waals surface area contributed by atoms with Gasteiger partial charge in [-0.25, -0.2) is 4.99 Å². The van der Waals surface area contributed by atoms with E-state index in [-0.39, 0.29) is 11.9 Å². The van der Waals surface area contributed by atoms with Crippen LogP contribution in [0.4, 0.5) is 0 Å². The van der Waals surface area contributed by atoms with Crippen LogP contribution in [0.1, 0.15) is 31.7 Å². The van der Waals surface area contributed by atoms with E-state index in [0.29, 0.717) is 13.0 Å². The van der Waals surface area contributed by atoms with Gasteiger partial charge in [-0.2, -0.15) is 0 Å². The maximum atomic E-state index is 11.4. The molecule has 0 spiro atoms. The molecule has 0 aliphatic heterocycles. The van der Waals surface area contributed by atoms with Crippen molar-refractivity contribution in [3.8, 4) is 0 Å². The van der Waals surface area contributed by atoms with Crippen molar-refractivity contribution >= 4 is 11.9 Å². The molecule has 92 valence electrons. The van der Waals surface area contributed by atoms with Crippen molar-refractivity contribution in [1.29, 1.82) is 0 Å². The molecular weight excluding hydrogens is 214 g/mol. The number of hydrogen-bond donors (Lipinski definition) is 2. The number of nitrogens with two attached hydrogens (primary N) is 1. The van der Waals surface area contributed by atoms with Crippen LogP contribution in [0, 0.1) is 0 Å². The van der Waals surface area contributed by atoms with Crippen molar-refractivity contribution < 1.29 is 4.79 Å². The molecule has 0 radical (unpaired) electrons. The number of nitrogens with one attached hydrogen (secondary N) is 1. The molecule has 3 N–H and O–H groups in total. The third-order valence-corrected chi connectivity index (χ3v) is 2.30. The lowest BCUT2D eigenvalue weighted by molar-refractivity contribution is -0.119. The van der Waals surface area contributed by atoms with E-state index < -0.39 is 0 Å². The number of aliphatic imine (C=N–C) groups is 1. The summed E-state index contributed by atoms with van der Waals surface area (Å²) < 4.78 is 0. The average Bonchev–Trinajstić information content (AvgIpc) is 2.35. The lowest BCUT2D eigenvalue weighted by Gasteiger charge is -2.03. The standard InChI is InChI=1S/C13H19N3O/c1-2-3-9-12(17)16-13(14)15-10-11-7-5-4-6-8-11/h4-8H,2-3,9-10H2,1H3,(H3,14,15,16,17). The Morgan fingerprint density at radius 3 is 2.71 bits per heavy atom. The Kier molecular flexibility index (Phi) is 5.79. The fourth-order valence-corrected chi connectivity index (χ4v) is 1.34. The summed E-state index contributed by atoms with van der Waals surface area (Å²) >= 11 is 0. The number of amides is 1. The summed E-state index contributed by atoms with van der Waals surface area (Å²) in [5.41, 5.74) is 6.68. The van der Waals surface area contributed by atoms with E-state index >= 15 is 0 Å². The van der Waals surface area contributed by atoms with Gasteiger partial charge in [0.1, 0.15) is 0 Å². The lowest BCUT2D eigenvalue weighted by Crippen LogP contribution is -2.36. The van der Waals surface area contributed by atoms with E-state index in [1.165, 1.54) is 0 Å². The second-order valence-corrected chi connectivity index (χ2v) is 3.84. The zero-order chi connectivity index (χ0) is 12.5. The summed E-state index contributed by atoms with van der Waals surface area (Å²) in [7, 11) is 0. The molecule has 4 nitrogen and oxygen atoms in total. The van der Waals surface area contributed by atoms with Crippen molar-refractivity contribution in [3.05, 3.63) is 35.9 Å². The molecule has 0 aromatic heterocycles. The Bertz CT molecular complexity index is 374. The number of benzene rings is 1. The number of carbonyl (C=O) groups excluding carboxylic acids is 1. The predicted molar refractivity (Wildman–Crippen MR) is 69.4 cm³/mol. The molecule has 1 aromatic carbocycles. The van der Waals surface area contributed by atoms with E-state index in [4.69, 9.17) is 5.73 Å². The van der Waals surface area contributed by atoms with Gasteiger partial charge in [0.2, 0.25) is 5.91 Å². The van der Waals surface area contributed by atoms with Crippen molar-refractivity contribution in [2.24, 2.45) is 10.7 Å². The number of nitrogens with zero attached hydrogens (tertiary/aromatic N) is 1. The summed E-state index contributed by atoms with van der Waals surface area (Å²) in [6.07, 6.45) is 2.37. The molecule has 0 atom stereocenters. The molecule has 0 saturated carbocycles. The van der Waals surface area contributed by atoms with Gasteiger partial charge in [-0.3, -0.25) is 10.1 Å². The molecule has 1 aromatic rings. The zero-order valence-electron chi connectivity index (χ0n) is 10.1. The molecule has 0 saturated heterocycles. The Morgan fingerprint density at radius 1 is 1.35 bits per heavy atom. The summed E-state index contributed by atoms with van der Waals surface area (Å²) in [6.45, 7) is 2.53. The van der Waals surface area contributed by atoms with Gasteiger partial charge in [-0.05, 0) is 12.0 Å². The van der Waals surface area contributed by atoms with Crippen LogP contribution in [0.3, 0.4) is 0 Å². The van der Waals surface area contributed by atoms with Crippen LogP contribution in [0.15, 0.2) is 35.3 Å². The first-order valence-electron chi connectivity index (χ1n) is 5.86. The maximum absolute atomic E-state index is 11.4. The second-order valence-electron chi connectivity index (χ2n) is 3.84. The van der Waals surface area contributed by atoms with Gasteiger partial charge in [-0.15, -0.1) is 0 Å². The molecule has 0 aliphatic rings. The lowest BCUT2D eigenvalue weighted by atomic mass is 10.2. The minimum absolute atomic E-state index is 0.0684. The molecule has 0 heterocycles. The van der Waals surface area contributed by atoms with E-state index in [9.17, 15) is 4.79 Å². The fourth-order valence-electron chi connectivity index (χ4n) is 1.34. The van der Waals surface area contributed by atoms with E-state index in [1.807, 2.05) is 37.3 Å². The van der Waals surface area contributed by atoms with E-state index in [1.54, 1.807) is 0 Å². The summed E-state index contributed by atoms with van der Waals surface area (Å²) in [4.78, 5) is 15.5. The van der Waals surface area contributed by atoms with Gasteiger partial charge in [0.25, 0.3) is 0 Å². The molecule has 0 fully saturated rings. The Labute approximate surface area is 102 Å². The number of rotatable bonds is 5. The number of unbranched alkanes of at least 4 members (excludes halogenated alkanes) is 1. The van der Waals surface area contributed by atoms with E-state index in [2.05, 4.69) is 10.3 Å². The predicted octanol–water partition coefficient (Wildman–Crippen LogP) is 1.81. The van der Waals surface area contributed by atoms with Crippen LogP contribution in [0.2, 0.25) is 0 Å². The van der Waals surface area contributed by atoms with Crippen molar-refractivity contribution in [2.45, 2.75) is 32.7 Å². The molecule has 17 heavy (non-hydrogen) atoms. The largest absolute Gasteiger partial charge is 0.370 e. The van der Waals surface area contributed by atoms with Crippen LogP contribution in [-0.2, 0) is 11.3 Å². The monoisotopic (exact) mass is 233 g/mol. The highest BCUT2D eigenvalue weighted by Gasteiger charge is 2.01.